The van der Waals surface area contributed by atoms with Crippen molar-refractivity contribution in [2.24, 2.45) is 0 Å². The molecule has 1 atom stereocenters. The van der Waals surface area contributed by atoms with Crippen LogP contribution >= 0.6 is 15.9 Å². The smallest absolute Gasteiger partial charge is 0.339 e. The van der Waals surface area contributed by atoms with Gasteiger partial charge in [-0.3, -0.25) is 0 Å². The molecular formula is C21H27BrO4. The molecule has 2 rings (SSSR count). The van der Waals surface area contributed by atoms with E-state index in [-0.39, 0.29) is 0 Å². The van der Waals surface area contributed by atoms with Gasteiger partial charge in [-0.15, -0.1) is 0 Å². The quantitative estimate of drug-likeness (QED) is 0.491. The van der Waals surface area contributed by atoms with Crippen LogP contribution in [-0.2, 0) is 20.7 Å². The number of allylic oxidation sites excluding steroid dienone is 2. The second-order valence-electron chi connectivity index (χ2n) is 7.37. The molecule has 1 unspecified atom stereocenters. The van der Waals surface area contributed by atoms with Crippen LogP contribution in [0.1, 0.15) is 45.2 Å². The molecule has 1 aliphatic heterocycles. The number of hydrogen-bond donors (Lipinski definition) is 0. The number of ether oxygens (including phenoxy) is 3. The topological polar surface area (TPSA) is 44.8 Å². The molecule has 0 radical (unpaired) electrons. The fourth-order valence-corrected chi connectivity index (χ4v) is 3.56. The Morgan fingerprint density at radius 2 is 2.04 bits per heavy atom. The summed E-state index contributed by atoms with van der Waals surface area (Å²) in [5, 5.41) is 0. The minimum Gasteiger partial charge on any atom is -0.493 e. The Morgan fingerprint density at radius 3 is 2.62 bits per heavy atom. The summed E-state index contributed by atoms with van der Waals surface area (Å²) in [7, 11) is 1.37. The zero-order valence-electron chi connectivity index (χ0n) is 16.1. The van der Waals surface area contributed by atoms with Gasteiger partial charge in [-0.05, 0) is 74.9 Å². The van der Waals surface area contributed by atoms with E-state index in [0.29, 0.717) is 4.48 Å². The summed E-state index contributed by atoms with van der Waals surface area (Å²) in [6.45, 7) is 12.4. The van der Waals surface area contributed by atoms with E-state index in [1.54, 1.807) is 0 Å². The summed E-state index contributed by atoms with van der Waals surface area (Å²) in [6, 6.07) is 6.07. The Kier molecular flexibility index (Phi) is 6.69. The van der Waals surface area contributed by atoms with Crippen LogP contribution in [-0.4, -0.2) is 31.4 Å². The fourth-order valence-electron chi connectivity index (χ4n) is 3.02. The van der Waals surface area contributed by atoms with Gasteiger partial charge in [-0.2, -0.15) is 0 Å². The first-order chi connectivity index (χ1) is 12.1. The van der Waals surface area contributed by atoms with Crippen LogP contribution in [0.4, 0.5) is 0 Å². The molecule has 0 aromatic heterocycles. The third kappa shape index (κ3) is 4.98. The fraction of sp³-hybridized carbons (Fsp3) is 0.476. The van der Waals surface area contributed by atoms with E-state index in [1.807, 2.05) is 39.8 Å². The van der Waals surface area contributed by atoms with Gasteiger partial charge in [0.1, 0.15) is 5.75 Å². The van der Waals surface area contributed by atoms with Crippen molar-refractivity contribution in [3.8, 4) is 5.75 Å². The third-order valence-electron chi connectivity index (χ3n) is 4.14. The van der Waals surface area contributed by atoms with Crippen LogP contribution in [0.25, 0.3) is 5.57 Å². The molecular weight excluding hydrogens is 396 g/mol. The van der Waals surface area contributed by atoms with Crippen LogP contribution in [0.2, 0.25) is 0 Å². The summed E-state index contributed by atoms with van der Waals surface area (Å²) in [6.07, 6.45) is 1.17. The zero-order valence-corrected chi connectivity index (χ0v) is 17.7. The highest BCUT2D eigenvalue weighted by atomic mass is 79.9. The highest BCUT2D eigenvalue weighted by molar-refractivity contribution is 9.12. The van der Waals surface area contributed by atoms with Gasteiger partial charge in [0.2, 0.25) is 0 Å². The summed E-state index contributed by atoms with van der Waals surface area (Å²) in [4.78, 5) is 12.4. The SMILES string of the molecule is C=C(Br)C(=C(C)C(OC(C)(C)C)C(=O)OC)c1ccc2c(c1)CCCO2. The van der Waals surface area contributed by atoms with Crippen molar-refractivity contribution in [1.82, 2.24) is 0 Å². The summed E-state index contributed by atoms with van der Waals surface area (Å²) < 4.78 is 17.4. The molecule has 0 aliphatic carbocycles. The first-order valence-corrected chi connectivity index (χ1v) is 9.50. The van der Waals surface area contributed by atoms with E-state index < -0.39 is 17.7 Å². The van der Waals surface area contributed by atoms with E-state index in [9.17, 15) is 4.79 Å². The molecule has 0 bridgehead atoms. The normalized spacial score (nSPS) is 16.1. The molecule has 0 amide bonds. The monoisotopic (exact) mass is 422 g/mol. The van der Waals surface area contributed by atoms with Crippen molar-refractivity contribution in [2.75, 3.05) is 13.7 Å². The van der Waals surface area contributed by atoms with E-state index in [0.717, 1.165) is 41.9 Å². The van der Waals surface area contributed by atoms with Gasteiger partial charge in [0.05, 0.1) is 19.3 Å². The number of carbonyl (C=O) groups excluding carboxylic acids is 1. The van der Waals surface area contributed by atoms with Gasteiger partial charge in [-0.25, -0.2) is 4.79 Å². The Balaban J connectivity index is 2.54. The number of esters is 1. The highest BCUT2D eigenvalue weighted by Crippen LogP contribution is 2.36. The summed E-state index contributed by atoms with van der Waals surface area (Å²) >= 11 is 3.50. The Hall–Kier alpha value is -1.59. The molecule has 0 spiro atoms. The molecule has 5 heteroatoms. The van der Waals surface area contributed by atoms with Gasteiger partial charge in [0.25, 0.3) is 0 Å². The van der Waals surface area contributed by atoms with Crippen molar-refractivity contribution < 1.29 is 19.0 Å². The lowest BCUT2D eigenvalue weighted by atomic mass is 9.93. The van der Waals surface area contributed by atoms with E-state index in [1.165, 1.54) is 12.7 Å². The van der Waals surface area contributed by atoms with Crippen molar-refractivity contribution in [2.45, 2.75) is 52.2 Å². The van der Waals surface area contributed by atoms with E-state index >= 15 is 0 Å². The largest absolute Gasteiger partial charge is 0.493 e. The van der Waals surface area contributed by atoms with Crippen molar-refractivity contribution in [3.63, 3.8) is 0 Å². The van der Waals surface area contributed by atoms with Crippen molar-refractivity contribution in [3.05, 3.63) is 46.0 Å². The number of halogens is 1. The van der Waals surface area contributed by atoms with Crippen molar-refractivity contribution >= 4 is 27.5 Å². The Bertz CT molecular complexity index is 728. The highest BCUT2D eigenvalue weighted by Gasteiger charge is 2.30. The predicted octanol–water partition coefficient (Wildman–Crippen LogP) is 5.05. The van der Waals surface area contributed by atoms with Crippen LogP contribution < -0.4 is 4.74 Å². The molecule has 4 nitrogen and oxygen atoms in total. The maximum Gasteiger partial charge on any atom is 0.339 e. The number of carbonyl (C=O) groups is 1. The van der Waals surface area contributed by atoms with Gasteiger partial charge in [0.15, 0.2) is 6.10 Å². The molecule has 0 fully saturated rings. The third-order valence-corrected chi connectivity index (χ3v) is 4.54. The number of rotatable bonds is 5. The van der Waals surface area contributed by atoms with Gasteiger partial charge in [0, 0.05) is 4.48 Å². The number of hydrogen-bond acceptors (Lipinski definition) is 4. The lowest BCUT2D eigenvalue weighted by Gasteiger charge is -2.28. The Morgan fingerprint density at radius 1 is 1.35 bits per heavy atom. The molecule has 142 valence electrons. The van der Waals surface area contributed by atoms with E-state index in [2.05, 4.69) is 28.6 Å². The van der Waals surface area contributed by atoms with Gasteiger partial charge in [-0.1, -0.05) is 28.6 Å². The average molecular weight is 423 g/mol. The lowest BCUT2D eigenvalue weighted by molar-refractivity contribution is -0.159. The number of aryl methyl sites for hydroxylation is 1. The molecule has 1 heterocycles. The van der Waals surface area contributed by atoms with Gasteiger partial charge >= 0.3 is 5.97 Å². The molecule has 0 saturated carbocycles. The minimum absolute atomic E-state index is 0.426. The lowest BCUT2D eigenvalue weighted by Crippen LogP contribution is -2.35. The number of fused-ring (bicyclic) bond motifs is 1. The first-order valence-electron chi connectivity index (χ1n) is 8.71. The maximum absolute atomic E-state index is 12.4. The Labute approximate surface area is 164 Å². The van der Waals surface area contributed by atoms with Crippen LogP contribution in [0.3, 0.4) is 0 Å². The first kappa shape index (κ1) is 20.7. The molecule has 1 aromatic rings. The van der Waals surface area contributed by atoms with E-state index in [4.69, 9.17) is 14.2 Å². The predicted molar refractivity (Wildman–Crippen MR) is 108 cm³/mol. The standard InChI is InChI=1S/C21H27BrO4/c1-13(19(20(23)24-6)26-21(3,4)5)18(14(2)22)16-9-10-17-15(12-16)8-7-11-25-17/h9-10,12,19H,2,7-8,11H2,1,3-6H3. The zero-order chi connectivity index (χ0) is 19.5. The van der Waals surface area contributed by atoms with Crippen LogP contribution in [0, 0.1) is 0 Å². The second kappa shape index (κ2) is 8.40. The molecule has 0 N–H and O–H groups in total. The number of benzene rings is 1. The molecule has 1 aliphatic rings. The molecule has 0 saturated heterocycles. The minimum atomic E-state index is -0.809. The van der Waals surface area contributed by atoms with Crippen LogP contribution in [0.5, 0.6) is 5.75 Å². The average Bonchev–Trinajstić information content (AvgIpc) is 2.57. The number of methoxy groups -OCH3 is 1. The second-order valence-corrected chi connectivity index (χ2v) is 8.33. The molecule has 26 heavy (non-hydrogen) atoms. The molecule has 1 aromatic carbocycles. The van der Waals surface area contributed by atoms with Gasteiger partial charge < -0.3 is 14.2 Å². The van der Waals surface area contributed by atoms with Crippen LogP contribution in [0.15, 0.2) is 34.8 Å². The summed E-state index contributed by atoms with van der Waals surface area (Å²) in [5.74, 6) is 0.498. The van der Waals surface area contributed by atoms with Crippen molar-refractivity contribution in [1.29, 1.82) is 0 Å². The summed E-state index contributed by atoms with van der Waals surface area (Å²) in [5.41, 5.74) is 3.24. The maximum atomic E-state index is 12.4.